The van der Waals surface area contributed by atoms with Gasteiger partial charge in [-0.3, -0.25) is 0 Å². The zero-order chi connectivity index (χ0) is 18.4. The van der Waals surface area contributed by atoms with Gasteiger partial charge in [-0.1, -0.05) is 36.4 Å². The second-order valence-electron chi connectivity index (χ2n) is 5.55. The number of alkyl halides is 1. The first kappa shape index (κ1) is 18.5. The van der Waals surface area contributed by atoms with Crippen molar-refractivity contribution in [3.05, 3.63) is 64.6 Å². The van der Waals surface area contributed by atoms with Crippen LogP contribution < -0.4 is 10.1 Å². The third-order valence-corrected chi connectivity index (χ3v) is 5.37. The summed E-state index contributed by atoms with van der Waals surface area (Å²) in [6.07, 6.45) is 0. The Morgan fingerprint density at radius 1 is 1.15 bits per heavy atom. The predicted octanol–water partition coefficient (Wildman–Crippen LogP) is 4.55. The van der Waals surface area contributed by atoms with Crippen LogP contribution >= 0.6 is 23.4 Å². The molecule has 2 aromatic rings. The molecule has 8 heteroatoms. The molecule has 0 atom stereocenters. The molecule has 1 heterocycles. The molecule has 0 fully saturated rings. The van der Waals surface area contributed by atoms with Gasteiger partial charge in [-0.15, -0.1) is 28.3 Å². The Morgan fingerprint density at radius 2 is 1.77 bits per heavy atom. The van der Waals surface area contributed by atoms with Gasteiger partial charge in [-0.2, -0.15) is 5.01 Å². The minimum Gasteiger partial charge on any atom is -0.457 e. The summed E-state index contributed by atoms with van der Waals surface area (Å²) < 4.78 is 5.98. The quantitative estimate of drug-likeness (QED) is 0.325. The summed E-state index contributed by atoms with van der Waals surface area (Å²) in [5.74, 6) is 2.54. The Bertz CT molecular complexity index is 744. The Balaban J connectivity index is 1.63. The van der Waals surface area contributed by atoms with Gasteiger partial charge in [-0.25, -0.2) is 4.79 Å². The molecule has 1 N–H and O–H groups in total. The molecule has 1 aliphatic rings. The normalized spacial score (nSPS) is 12.5. The molecule has 6 nitrogen and oxygen atoms in total. The number of nitrogens with zero attached hydrogens (tertiary/aromatic N) is 2. The molecule has 26 heavy (non-hydrogen) atoms. The number of ether oxygens (including phenoxy) is 1. The van der Waals surface area contributed by atoms with E-state index in [1.165, 1.54) is 0 Å². The van der Waals surface area contributed by atoms with E-state index in [0.717, 1.165) is 27.6 Å². The molecule has 136 valence electrons. The summed E-state index contributed by atoms with van der Waals surface area (Å²) >= 11 is 7.25. The molecule has 0 bridgehead atoms. The average molecular weight is 392 g/mol. The molecule has 0 spiro atoms. The Morgan fingerprint density at radius 3 is 2.35 bits per heavy atom. The highest BCUT2D eigenvalue weighted by atomic mass is 35.5. The van der Waals surface area contributed by atoms with E-state index >= 15 is 0 Å². The van der Waals surface area contributed by atoms with E-state index in [2.05, 4.69) is 22.7 Å². The lowest BCUT2D eigenvalue weighted by molar-refractivity contribution is 0.203. The third kappa shape index (κ3) is 4.11. The van der Waals surface area contributed by atoms with Crippen LogP contribution in [0.4, 0.5) is 4.79 Å². The van der Waals surface area contributed by atoms with Crippen molar-refractivity contribution in [1.29, 1.82) is 0 Å². The zero-order valence-corrected chi connectivity index (χ0v) is 15.5. The first-order chi connectivity index (χ1) is 12.7. The summed E-state index contributed by atoms with van der Waals surface area (Å²) in [6, 6.07) is 15.4. The number of hydrogen-bond donors (Lipinski definition) is 1. The minimum atomic E-state index is -0.533. The van der Waals surface area contributed by atoms with E-state index in [1.54, 1.807) is 11.8 Å². The predicted molar refractivity (Wildman–Crippen MR) is 104 cm³/mol. The molecule has 2 aromatic carbocycles. The van der Waals surface area contributed by atoms with E-state index in [1.807, 2.05) is 36.4 Å². The van der Waals surface area contributed by atoms with Crippen molar-refractivity contribution in [2.75, 3.05) is 24.7 Å². The number of fused-ring (bicyclic) bond motifs is 2. The maximum atomic E-state index is 11.8. The van der Waals surface area contributed by atoms with Crippen molar-refractivity contribution in [2.24, 2.45) is 5.29 Å². The number of carbonyl (C=O) groups excluding carboxylic acids is 1. The Labute approximate surface area is 160 Å². The molecular weight excluding hydrogens is 374 g/mol. The van der Waals surface area contributed by atoms with Crippen LogP contribution in [0.1, 0.15) is 16.4 Å². The van der Waals surface area contributed by atoms with E-state index < -0.39 is 6.03 Å². The lowest BCUT2D eigenvalue weighted by Crippen LogP contribution is -2.38. The van der Waals surface area contributed by atoms with Crippen molar-refractivity contribution in [1.82, 2.24) is 10.3 Å². The molecule has 1 aliphatic heterocycles. The van der Waals surface area contributed by atoms with Crippen LogP contribution in [0.25, 0.3) is 0 Å². The van der Waals surface area contributed by atoms with E-state index in [9.17, 15) is 9.70 Å². The van der Waals surface area contributed by atoms with Gasteiger partial charge in [-0.05, 0) is 12.1 Å². The zero-order valence-electron chi connectivity index (χ0n) is 13.9. The summed E-state index contributed by atoms with van der Waals surface area (Å²) in [5.41, 5.74) is 2.22. The maximum Gasteiger partial charge on any atom is 0.340 e. The lowest BCUT2D eigenvalue weighted by Gasteiger charge is -2.27. The van der Waals surface area contributed by atoms with E-state index in [4.69, 9.17) is 16.3 Å². The van der Waals surface area contributed by atoms with Gasteiger partial charge in [0, 0.05) is 29.3 Å². The Kier molecular flexibility index (Phi) is 6.35. The minimum absolute atomic E-state index is 0.0880. The van der Waals surface area contributed by atoms with Gasteiger partial charge in [0.05, 0.1) is 17.1 Å². The molecule has 0 aromatic heterocycles. The standard InChI is InChI=1S/C18H18ClN3O3S/c19-9-11-22(21-24)18(23)20-10-12-26-17-13-5-1-3-7-15(13)25-16-8-4-2-6-14(16)17/h1-8,17H,9-12H2,(H,20,23). The van der Waals surface area contributed by atoms with Crippen molar-refractivity contribution in [3.63, 3.8) is 0 Å². The number of benzene rings is 2. The number of hydrogen-bond acceptors (Lipinski definition) is 5. The van der Waals surface area contributed by atoms with E-state index in [0.29, 0.717) is 12.3 Å². The van der Waals surface area contributed by atoms with Crippen LogP contribution in [0.2, 0.25) is 0 Å². The fraction of sp³-hybridized carbons (Fsp3) is 0.278. The van der Waals surface area contributed by atoms with Crippen molar-refractivity contribution >= 4 is 29.4 Å². The fourth-order valence-electron chi connectivity index (χ4n) is 2.73. The summed E-state index contributed by atoms with van der Waals surface area (Å²) in [7, 11) is 0. The highest BCUT2D eigenvalue weighted by Crippen LogP contribution is 2.48. The average Bonchev–Trinajstić information content (AvgIpc) is 2.68. The number of nitrogens with one attached hydrogen (secondary N) is 1. The van der Waals surface area contributed by atoms with Crippen molar-refractivity contribution in [3.8, 4) is 11.5 Å². The molecule has 0 saturated carbocycles. The fourth-order valence-corrected chi connectivity index (χ4v) is 4.10. The highest BCUT2D eigenvalue weighted by molar-refractivity contribution is 7.99. The number of para-hydroxylation sites is 2. The number of nitroso groups, excluding NO2 is 1. The number of amides is 2. The van der Waals surface area contributed by atoms with Gasteiger partial charge < -0.3 is 10.1 Å². The van der Waals surface area contributed by atoms with Crippen LogP contribution in [-0.4, -0.2) is 35.8 Å². The SMILES string of the molecule is O=NN(CCCl)C(=O)NCCSC1c2ccccc2Oc2ccccc21. The molecule has 0 radical (unpaired) electrons. The number of urea groups is 1. The Hall–Kier alpha value is -2.25. The van der Waals surface area contributed by atoms with Crippen LogP contribution in [0, 0.1) is 4.91 Å². The number of carbonyl (C=O) groups is 1. The van der Waals surface area contributed by atoms with Gasteiger partial charge in [0.2, 0.25) is 0 Å². The van der Waals surface area contributed by atoms with Crippen LogP contribution in [-0.2, 0) is 0 Å². The van der Waals surface area contributed by atoms with Gasteiger partial charge in [0.15, 0.2) is 0 Å². The van der Waals surface area contributed by atoms with Gasteiger partial charge in [0.1, 0.15) is 11.5 Å². The second-order valence-corrected chi connectivity index (χ2v) is 7.15. The van der Waals surface area contributed by atoms with Crippen LogP contribution in [0.15, 0.2) is 53.8 Å². The second kappa shape index (κ2) is 8.91. The molecule has 2 amide bonds. The van der Waals surface area contributed by atoms with E-state index in [-0.39, 0.29) is 17.7 Å². The molecule has 3 rings (SSSR count). The molecule has 0 unspecified atom stereocenters. The molecular formula is C18H18ClN3O3S. The van der Waals surface area contributed by atoms with Crippen molar-refractivity contribution < 1.29 is 9.53 Å². The first-order valence-corrected chi connectivity index (χ1v) is 9.75. The first-order valence-electron chi connectivity index (χ1n) is 8.16. The number of halogens is 1. The topological polar surface area (TPSA) is 71.0 Å². The molecule has 0 saturated heterocycles. The lowest BCUT2D eigenvalue weighted by atomic mass is 10.00. The highest BCUT2D eigenvalue weighted by Gasteiger charge is 2.27. The largest absolute Gasteiger partial charge is 0.457 e. The maximum absolute atomic E-state index is 11.8. The van der Waals surface area contributed by atoms with Gasteiger partial charge in [0.25, 0.3) is 0 Å². The van der Waals surface area contributed by atoms with Crippen LogP contribution in [0.3, 0.4) is 0 Å². The summed E-state index contributed by atoms with van der Waals surface area (Å²) in [6.45, 7) is 0.504. The smallest absolute Gasteiger partial charge is 0.340 e. The molecule has 0 aliphatic carbocycles. The van der Waals surface area contributed by atoms with Gasteiger partial charge >= 0.3 is 6.03 Å². The van der Waals surface area contributed by atoms with Crippen molar-refractivity contribution in [2.45, 2.75) is 5.25 Å². The monoisotopic (exact) mass is 391 g/mol. The number of rotatable bonds is 7. The van der Waals surface area contributed by atoms with Crippen LogP contribution in [0.5, 0.6) is 11.5 Å². The third-order valence-electron chi connectivity index (χ3n) is 3.91. The summed E-state index contributed by atoms with van der Waals surface area (Å²) in [4.78, 5) is 22.5. The summed E-state index contributed by atoms with van der Waals surface area (Å²) in [5, 5.41) is 6.27. The number of thioether (sulfide) groups is 1.